The number of sulfonamides is 1. The zero-order valence-electron chi connectivity index (χ0n) is 8.64. The van der Waals surface area contributed by atoms with Crippen molar-refractivity contribution in [1.82, 2.24) is 4.31 Å². The largest absolute Gasteiger partial charge is 0.244 e. The van der Waals surface area contributed by atoms with E-state index in [-0.39, 0.29) is 0 Å². The van der Waals surface area contributed by atoms with E-state index in [9.17, 15) is 8.42 Å². The van der Waals surface area contributed by atoms with Crippen LogP contribution in [0.2, 0.25) is 0 Å². The van der Waals surface area contributed by atoms with Crippen LogP contribution in [0.5, 0.6) is 0 Å². The van der Waals surface area contributed by atoms with E-state index in [0.717, 1.165) is 6.42 Å². The molecule has 0 aliphatic carbocycles. The lowest BCUT2D eigenvalue weighted by Crippen LogP contribution is -2.33. The average Bonchev–Trinajstić information content (AvgIpc) is 2.30. The molecule has 0 spiro atoms. The predicted molar refractivity (Wildman–Crippen MR) is 66.7 cm³/mol. The van der Waals surface area contributed by atoms with Crippen molar-refractivity contribution in [3.05, 3.63) is 40.9 Å². The third kappa shape index (κ3) is 2.21. The van der Waals surface area contributed by atoms with E-state index in [1.165, 1.54) is 4.31 Å². The highest BCUT2D eigenvalue weighted by atomic mass is 79.9. The lowest BCUT2D eigenvalue weighted by Gasteiger charge is -2.23. The maximum absolute atomic E-state index is 12.3. The van der Waals surface area contributed by atoms with Gasteiger partial charge in [0.05, 0.1) is 4.90 Å². The summed E-state index contributed by atoms with van der Waals surface area (Å²) in [7, 11) is -3.36. The Hall–Kier alpha value is -0.650. The lowest BCUT2D eigenvalue weighted by atomic mass is 10.3. The molecule has 5 heteroatoms. The number of rotatable bonds is 2. The smallest absolute Gasteiger partial charge is 0.207 e. The van der Waals surface area contributed by atoms with Crippen LogP contribution in [0.1, 0.15) is 6.42 Å². The second-order valence-corrected chi connectivity index (χ2v) is 6.31. The zero-order valence-corrected chi connectivity index (χ0v) is 11.0. The van der Waals surface area contributed by atoms with Gasteiger partial charge in [-0.15, -0.1) is 0 Å². The first kappa shape index (κ1) is 11.8. The minimum atomic E-state index is -3.36. The molecule has 16 heavy (non-hydrogen) atoms. The third-order valence-corrected chi connectivity index (χ3v) is 5.35. The summed E-state index contributed by atoms with van der Waals surface area (Å²) in [6, 6.07) is 6.90. The number of benzene rings is 1. The minimum absolute atomic E-state index is 0.338. The third-order valence-electron chi connectivity index (χ3n) is 2.48. The maximum Gasteiger partial charge on any atom is 0.244 e. The van der Waals surface area contributed by atoms with Crippen molar-refractivity contribution < 1.29 is 8.42 Å². The molecule has 0 amide bonds. The van der Waals surface area contributed by atoms with Crippen LogP contribution in [0.15, 0.2) is 45.8 Å². The van der Waals surface area contributed by atoms with Gasteiger partial charge in [0, 0.05) is 17.6 Å². The summed E-state index contributed by atoms with van der Waals surface area (Å²) >= 11 is 3.27. The molecule has 1 heterocycles. The van der Waals surface area contributed by atoms with Gasteiger partial charge < -0.3 is 0 Å². The molecule has 0 saturated heterocycles. The Labute approximate surface area is 104 Å². The van der Waals surface area contributed by atoms with Crippen molar-refractivity contribution >= 4 is 26.0 Å². The van der Waals surface area contributed by atoms with Crippen LogP contribution in [0, 0.1) is 0 Å². The second kappa shape index (κ2) is 4.69. The Kier molecular flexibility index (Phi) is 3.47. The fourth-order valence-corrected chi connectivity index (χ4v) is 4.00. The molecule has 0 N–H and O–H groups in total. The van der Waals surface area contributed by atoms with Crippen LogP contribution in [-0.4, -0.2) is 25.8 Å². The second-order valence-electron chi connectivity index (χ2n) is 3.55. The Morgan fingerprint density at radius 1 is 1.19 bits per heavy atom. The Balaban J connectivity index is 2.39. The first-order chi connectivity index (χ1) is 7.62. The Bertz CT molecular complexity index is 510. The van der Waals surface area contributed by atoms with E-state index in [0.29, 0.717) is 22.5 Å². The lowest BCUT2D eigenvalue weighted by molar-refractivity contribution is 0.437. The van der Waals surface area contributed by atoms with Gasteiger partial charge in [-0.1, -0.05) is 24.3 Å². The number of hydrogen-bond acceptors (Lipinski definition) is 2. The molecule has 0 aromatic heterocycles. The van der Waals surface area contributed by atoms with Crippen molar-refractivity contribution in [3.63, 3.8) is 0 Å². The number of nitrogens with zero attached hydrogens (tertiary/aromatic N) is 1. The van der Waals surface area contributed by atoms with Crippen LogP contribution in [0.3, 0.4) is 0 Å². The van der Waals surface area contributed by atoms with Crippen molar-refractivity contribution in [2.24, 2.45) is 0 Å². The molecule has 3 nitrogen and oxygen atoms in total. The molecular weight excluding hydrogens is 290 g/mol. The van der Waals surface area contributed by atoms with E-state index in [1.807, 2.05) is 12.2 Å². The molecule has 0 unspecified atom stereocenters. The average molecular weight is 302 g/mol. The van der Waals surface area contributed by atoms with Crippen LogP contribution in [0.25, 0.3) is 0 Å². The summed E-state index contributed by atoms with van der Waals surface area (Å²) in [6.07, 6.45) is 4.67. The molecule has 1 aromatic carbocycles. The van der Waals surface area contributed by atoms with E-state index in [4.69, 9.17) is 0 Å². The molecular formula is C11H12BrNO2S. The summed E-state index contributed by atoms with van der Waals surface area (Å²) in [4.78, 5) is 0.338. The highest BCUT2D eigenvalue weighted by Crippen LogP contribution is 2.25. The molecule has 0 atom stereocenters. The fourth-order valence-electron chi connectivity index (χ4n) is 1.63. The molecule has 86 valence electrons. The first-order valence-electron chi connectivity index (χ1n) is 5.02. The number of hydrogen-bond donors (Lipinski definition) is 0. The van der Waals surface area contributed by atoms with E-state index >= 15 is 0 Å². The minimum Gasteiger partial charge on any atom is -0.207 e. The van der Waals surface area contributed by atoms with Crippen LogP contribution in [-0.2, 0) is 10.0 Å². The summed E-state index contributed by atoms with van der Waals surface area (Å²) in [5.41, 5.74) is 0. The first-order valence-corrected chi connectivity index (χ1v) is 7.25. The summed E-state index contributed by atoms with van der Waals surface area (Å²) in [6.45, 7) is 1.02. The normalized spacial score (nSPS) is 17.6. The topological polar surface area (TPSA) is 37.4 Å². The quantitative estimate of drug-likeness (QED) is 0.787. The molecule has 2 rings (SSSR count). The van der Waals surface area contributed by atoms with Crippen molar-refractivity contribution in [1.29, 1.82) is 0 Å². The molecule has 1 aromatic rings. The molecule has 0 radical (unpaired) electrons. The standard InChI is InChI=1S/C11H12BrNO2S/c12-10-6-2-3-7-11(10)16(14,15)13-8-4-1-5-9-13/h1-4,6-7H,5,8-9H2. The summed E-state index contributed by atoms with van der Waals surface area (Å²) in [5, 5.41) is 0. The van der Waals surface area contributed by atoms with Crippen molar-refractivity contribution in [2.75, 3.05) is 13.1 Å². The van der Waals surface area contributed by atoms with Crippen LogP contribution in [0.4, 0.5) is 0 Å². The SMILES string of the molecule is O=S(=O)(c1ccccc1Br)N1CC=CCC1. The summed E-state index contributed by atoms with van der Waals surface area (Å²) < 4.78 is 26.6. The molecule has 1 aliphatic rings. The van der Waals surface area contributed by atoms with Gasteiger partial charge in [0.1, 0.15) is 0 Å². The van der Waals surface area contributed by atoms with Gasteiger partial charge in [0.25, 0.3) is 0 Å². The van der Waals surface area contributed by atoms with E-state index in [2.05, 4.69) is 15.9 Å². The fraction of sp³-hybridized carbons (Fsp3) is 0.273. The van der Waals surface area contributed by atoms with Gasteiger partial charge in [-0.05, 0) is 34.5 Å². The van der Waals surface area contributed by atoms with Gasteiger partial charge >= 0.3 is 0 Å². The van der Waals surface area contributed by atoms with E-state index in [1.54, 1.807) is 24.3 Å². The molecule has 0 bridgehead atoms. The van der Waals surface area contributed by atoms with Crippen LogP contribution < -0.4 is 0 Å². The Morgan fingerprint density at radius 3 is 2.56 bits per heavy atom. The van der Waals surface area contributed by atoms with Gasteiger partial charge in [0.2, 0.25) is 10.0 Å². The highest BCUT2D eigenvalue weighted by molar-refractivity contribution is 9.10. The maximum atomic E-state index is 12.3. The zero-order chi connectivity index (χ0) is 11.6. The monoisotopic (exact) mass is 301 g/mol. The molecule has 1 aliphatic heterocycles. The summed E-state index contributed by atoms with van der Waals surface area (Å²) in [5.74, 6) is 0. The molecule has 0 saturated carbocycles. The van der Waals surface area contributed by atoms with Crippen molar-refractivity contribution in [2.45, 2.75) is 11.3 Å². The van der Waals surface area contributed by atoms with Gasteiger partial charge in [-0.3, -0.25) is 0 Å². The van der Waals surface area contributed by atoms with Crippen molar-refractivity contribution in [3.8, 4) is 0 Å². The van der Waals surface area contributed by atoms with Gasteiger partial charge in [-0.2, -0.15) is 4.31 Å². The van der Waals surface area contributed by atoms with Gasteiger partial charge in [0.15, 0.2) is 0 Å². The predicted octanol–water partition coefficient (Wildman–Crippen LogP) is 2.40. The molecule has 0 fully saturated rings. The number of halogens is 1. The van der Waals surface area contributed by atoms with Crippen LogP contribution >= 0.6 is 15.9 Å². The highest BCUT2D eigenvalue weighted by Gasteiger charge is 2.25. The Morgan fingerprint density at radius 2 is 1.94 bits per heavy atom. The van der Waals surface area contributed by atoms with E-state index < -0.39 is 10.0 Å². The van der Waals surface area contributed by atoms with Gasteiger partial charge in [-0.25, -0.2) is 8.42 Å².